The van der Waals surface area contributed by atoms with Crippen LogP contribution in [0.2, 0.25) is 0 Å². The lowest BCUT2D eigenvalue weighted by Gasteiger charge is -2.34. The Hall–Kier alpha value is -0.660. The van der Waals surface area contributed by atoms with Crippen LogP contribution in [0.5, 0.6) is 0 Å². The molecule has 0 aliphatic carbocycles. The highest BCUT2D eigenvalue weighted by atomic mass is 15.3. The highest BCUT2D eigenvalue weighted by molar-refractivity contribution is 4.95. The van der Waals surface area contributed by atoms with E-state index in [9.17, 15) is 0 Å². The zero-order valence-electron chi connectivity index (χ0n) is 6.15. The third-order valence-electron chi connectivity index (χ3n) is 1.98. The number of hydrogen-bond donors (Lipinski definition) is 1. The summed E-state index contributed by atoms with van der Waals surface area (Å²) in [6, 6.07) is 0.652. The van der Waals surface area contributed by atoms with Gasteiger partial charge in [-0.15, -0.1) is 0 Å². The first-order valence-corrected chi connectivity index (χ1v) is 3.37. The van der Waals surface area contributed by atoms with Crippen LogP contribution in [-0.4, -0.2) is 24.5 Å². The smallest absolute Gasteiger partial charge is 0.0938 e. The molecule has 0 amide bonds. The number of nitrogens with zero attached hydrogens (tertiary/aromatic N) is 1. The van der Waals surface area contributed by atoms with Crippen molar-refractivity contribution in [1.82, 2.24) is 10.2 Å². The van der Waals surface area contributed by atoms with Gasteiger partial charge in [-0.2, -0.15) is 0 Å². The molecule has 0 aromatic carbocycles. The van der Waals surface area contributed by atoms with E-state index in [0.29, 0.717) is 6.04 Å². The Kier molecular flexibility index (Phi) is 1.65. The van der Waals surface area contributed by atoms with Gasteiger partial charge in [-0.25, -0.2) is 0 Å². The quantitative estimate of drug-likeness (QED) is 0.516. The van der Waals surface area contributed by atoms with E-state index in [4.69, 9.17) is 0 Å². The van der Waals surface area contributed by atoms with E-state index >= 15 is 0 Å². The van der Waals surface area contributed by atoms with Crippen LogP contribution < -0.4 is 5.32 Å². The maximum atomic E-state index is 3.86. The Morgan fingerprint density at radius 3 is 2.89 bits per heavy atom. The fourth-order valence-electron chi connectivity index (χ4n) is 1.01. The van der Waals surface area contributed by atoms with Gasteiger partial charge >= 0.3 is 0 Å². The number of rotatable bonds is 0. The molecule has 2 heteroatoms. The Bertz CT molecular complexity index is 120. The number of nitrogens with one attached hydrogen (secondary N) is 1. The molecule has 1 heterocycles. The SMILES string of the molecule is C=C1NCCC(C)N1C. The molecular weight excluding hydrogens is 112 g/mol. The standard InChI is InChI=1S/C7H14N2/c1-6-4-5-8-7(2)9(6)3/h6,8H,2,4-5H2,1,3H3. The molecule has 1 aliphatic rings. The van der Waals surface area contributed by atoms with E-state index in [0.717, 1.165) is 12.4 Å². The molecule has 1 aliphatic heterocycles. The monoisotopic (exact) mass is 126 g/mol. The van der Waals surface area contributed by atoms with Crippen LogP contribution in [0.25, 0.3) is 0 Å². The molecule has 1 rings (SSSR count). The van der Waals surface area contributed by atoms with E-state index in [1.807, 2.05) is 0 Å². The lowest BCUT2D eigenvalue weighted by Crippen LogP contribution is -2.41. The van der Waals surface area contributed by atoms with Gasteiger partial charge in [0, 0.05) is 19.6 Å². The van der Waals surface area contributed by atoms with Crippen molar-refractivity contribution in [2.45, 2.75) is 19.4 Å². The molecule has 1 N–H and O–H groups in total. The van der Waals surface area contributed by atoms with Gasteiger partial charge in [-0.1, -0.05) is 6.58 Å². The van der Waals surface area contributed by atoms with Crippen molar-refractivity contribution < 1.29 is 0 Å². The molecule has 2 nitrogen and oxygen atoms in total. The summed E-state index contributed by atoms with van der Waals surface area (Å²) in [6.45, 7) is 7.15. The molecule has 52 valence electrons. The van der Waals surface area contributed by atoms with Crippen molar-refractivity contribution in [1.29, 1.82) is 0 Å². The van der Waals surface area contributed by atoms with Gasteiger partial charge in [0.2, 0.25) is 0 Å². The summed E-state index contributed by atoms with van der Waals surface area (Å²) in [7, 11) is 2.07. The zero-order chi connectivity index (χ0) is 6.85. The molecule has 0 radical (unpaired) electrons. The molecule has 0 aromatic rings. The first-order chi connectivity index (χ1) is 4.22. The Morgan fingerprint density at radius 2 is 2.44 bits per heavy atom. The maximum absolute atomic E-state index is 3.86. The van der Waals surface area contributed by atoms with Gasteiger partial charge in [-0.05, 0) is 13.3 Å². The van der Waals surface area contributed by atoms with Crippen LogP contribution >= 0.6 is 0 Å². The molecular formula is C7H14N2. The van der Waals surface area contributed by atoms with Gasteiger partial charge in [-0.3, -0.25) is 0 Å². The van der Waals surface area contributed by atoms with E-state index in [1.54, 1.807) is 0 Å². The van der Waals surface area contributed by atoms with E-state index in [-0.39, 0.29) is 0 Å². The molecule has 1 saturated heterocycles. The van der Waals surface area contributed by atoms with Crippen LogP contribution in [0.3, 0.4) is 0 Å². The molecule has 0 bridgehead atoms. The fourth-order valence-corrected chi connectivity index (χ4v) is 1.01. The van der Waals surface area contributed by atoms with Crippen molar-refractivity contribution in [2.75, 3.05) is 13.6 Å². The van der Waals surface area contributed by atoms with Crippen molar-refractivity contribution in [3.05, 3.63) is 12.4 Å². The molecule has 1 unspecified atom stereocenters. The molecule has 1 fully saturated rings. The van der Waals surface area contributed by atoms with E-state index < -0.39 is 0 Å². The second kappa shape index (κ2) is 2.29. The predicted octanol–water partition coefficient (Wildman–Crippen LogP) is 0.771. The fraction of sp³-hybridized carbons (Fsp3) is 0.714. The molecule has 0 saturated carbocycles. The number of hydrogen-bond acceptors (Lipinski definition) is 2. The van der Waals surface area contributed by atoms with Gasteiger partial charge in [0.25, 0.3) is 0 Å². The topological polar surface area (TPSA) is 15.3 Å². The Labute approximate surface area is 56.5 Å². The molecule has 0 spiro atoms. The van der Waals surface area contributed by atoms with Gasteiger partial charge < -0.3 is 10.2 Å². The second-order valence-corrected chi connectivity index (χ2v) is 2.62. The molecule has 1 atom stereocenters. The van der Waals surface area contributed by atoms with Gasteiger partial charge in [0.1, 0.15) is 0 Å². The van der Waals surface area contributed by atoms with E-state index in [2.05, 4.69) is 30.8 Å². The van der Waals surface area contributed by atoms with Crippen molar-refractivity contribution in [3.8, 4) is 0 Å². The lowest BCUT2D eigenvalue weighted by molar-refractivity contribution is 0.251. The Balaban J connectivity index is 2.51. The molecule has 0 aromatic heterocycles. The zero-order valence-corrected chi connectivity index (χ0v) is 6.15. The van der Waals surface area contributed by atoms with Crippen LogP contribution in [-0.2, 0) is 0 Å². The Morgan fingerprint density at radius 1 is 1.78 bits per heavy atom. The first kappa shape index (κ1) is 6.46. The maximum Gasteiger partial charge on any atom is 0.0938 e. The average Bonchev–Trinajstić information content (AvgIpc) is 1.83. The van der Waals surface area contributed by atoms with Crippen molar-refractivity contribution in [3.63, 3.8) is 0 Å². The van der Waals surface area contributed by atoms with Gasteiger partial charge in [0.15, 0.2) is 0 Å². The van der Waals surface area contributed by atoms with Gasteiger partial charge in [0.05, 0.1) is 5.82 Å². The summed E-state index contributed by atoms with van der Waals surface area (Å²) < 4.78 is 0. The lowest BCUT2D eigenvalue weighted by atomic mass is 10.2. The summed E-state index contributed by atoms with van der Waals surface area (Å²) in [5.41, 5.74) is 0. The van der Waals surface area contributed by atoms with Crippen LogP contribution in [0, 0.1) is 0 Å². The second-order valence-electron chi connectivity index (χ2n) is 2.62. The normalized spacial score (nSPS) is 28.0. The first-order valence-electron chi connectivity index (χ1n) is 3.37. The van der Waals surface area contributed by atoms with E-state index in [1.165, 1.54) is 6.42 Å². The minimum absolute atomic E-state index is 0.652. The average molecular weight is 126 g/mol. The van der Waals surface area contributed by atoms with Crippen LogP contribution in [0.4, 0.5) is 0 Å². The summed E-state index contributed by atoms with van der Waals surface area (Å²) in [6.07, 6.45) is 1.22. The predicted molar refractivity (Wildman–Crippen MR) is 39.0 cm³/mol. The summed E-state index contributed by atoms with van der Waals surface area (Å²) in [4.78, 5) is 2.17. The highest BCUT2D eigenvalue weighted by Gasteiger charge is 2.14. The summed E-state index contributed by atoms with van der Waals surface area (Å²) in [5, 5.41) is 3.19. The third-order valence-corrected chi connectivity index (χ3v) is 1.98. The summed E-state index contributed by atoms with van der Waals surface area (Å²) in [5.74, 6) is 1.05. The third kappa shape index (κ3) is 1.18. The summed E-state index contributed by atoms with van der Waals surface area (Å²) >= 11 is 0. The van der Waals surface area contributed by atoms with Crippen LogP contribution in [0.15, 0.2) is 12.4 Å². The van der Waals surface area contributed by atoms with Crippen molar-refractivity contribution >= 4 is 0 Å². The van der Waals surface area contributed by atoms with Crippen LogP contribution in [0.1, 0.15) is 13.3 Å². The highest BCUT2D eigenvalue weighted by Crippen LogP contribution is 2.09. The van der Waals surface area contributed by atoms with Crippen molar-refractivity contribution in [2.24, 2.45) is 0 Å². The minimum Gasteiger partial charge on any atom is -0.372 e. The minimum atomic E-state index is 0.652. The molecule has 9 heavy (non-hydrogen) atoms. The largest absolute Gasteiger partial charge is 0.372 e.